The third-order valence-electron chi connectivity index (χ3n) is 3.33. The number of ether oxygens (including phenoxy) is 2. The van der Waals surface area contributed by atoms with Crippen molar-refractivity contribution in [2.24, 2.45) is 0 Å². The van der Waals surface area contributed by atoms with Crippen LogP contribution in [-0.4, -0.2) is 45.2 Å². The molecule has 0 bridgehead atoms. The number of methoxy groups -OCH3 is 1. The Morgan fingerprint density at radius 2 is 2.04 bits per heavy atom. The molecule has 3 aromatic rings. The molecule has 0 radical (unpaired) electrons. The van der Waals surface area contributed by atoms with E-state index < -0.39 is 18.5 Å². The lowest BCUT2D eigenvalue weighted by Gasteiger charge is -2.09. The van der Waals surface area contributed by atoms with Gasteiger partial charge in [0.1, 0.15) is 5.75 Å². The van der Waals surface area contributed by atoms with Crippen molar-refractivity contribution in [1.82, 2.24) is 19.6 Å². The average Bonchev–Trinajstić information content (AvgIpc) is 3.06. The van der Waals surface area contributed by atoms with Crippen LogP contribution in [-0.2, 0) is 9.53 Å². The summed E-state index contributed by atoms with van der Waals surface area (Å²) in [6.45, 7) is 1.33. The van der Waals surface area contributed by atoms with Crippen molar-refractivity contribution in [3.8, 4) is 5.75 Å². The number of nitrogens with one attached hydrogen (secondary N) is 1. The zero-order chi connectivity index (χ0) is 17.8. The van der Waals surface area contributed by atoms with Crippen LogP contribution in [0.3, 0.4) is 0 Å². The zero-order valence-corrected chi connectivity index (χ0v) is 13.6. The molecule has 1 aromatic carbocycles. The predicted molar refractivity (Wildman–Crippen MR) is 87.4 cm³/mol. The monoisotopic (exact) mass is 341 g/mol. The molecule has 128 valence electrons. The van der Waals surface area contributed by atoms with Gasteiger partial charge in [-0.15, -0.1) is 5.10 Å². The number of carbonyl (C=O) groups excluding carboxylic acids is 2. The van der Waals surface area contributed by atoms with Gasteiger partial charge in [-0.1, -0.05) is 12.1 Å². The highest BCUT2D eigenvalue weighted by Gasteiger charge is 2.17. The van der Waals surface area contributed by atoms with E-state index in [1.54, 1.807) is 43.5 Å². The Kier molecular flexibility index (Phi) is 4.55. The quantitative estimate of drug-likeness (QED) is 0.696. The van der Waals surface area contributed by atoms with Gasteiger partial charge in [0.25, 0.3) is 17.5 Å². The molecule has 9 heteroatoms. The fourth-order valence-corrected chi connectivity index (χ4v) is 2.12. The first-order valence-corrected chi connectivity index (χ1v) is 7.37. The van der Waals surface area contributed by atoms with Crippen molar-refractivity contribution in [3.05, 3.63) is 48.0 Å². The summed E-state index contributed by atoms with van der Waals surface area (Å²) in [5, 5.41) is 6.62. The van der Waals surface area contributed by atoms with Crippen LogP contribution in [0, 0.1) is 6.92 Å². The lowest BCUT2D eigenvalue weighted by Crippen LogP contribution is -2.21. The molecule has 3 rings (SSSR count). The Hall–Kier alpha value is -3.49. The predicted octanol–water partition coefficient (Wildman–Crippen LogP) is 1.24. The number of rotatable bonds is 5. The van der Waals surface area contributed by atoms with E-state index in [1.165, 1.54) is 11.6 Å². The second-order valence-electron chi connectivity index (χ2n) is 5.06. The molecule has 1 amide bonds. The number of fused-ring (bicyclic) bond motifs is 1. The third kappa shape index (κ3) is 3.55. The lowest BCUT2D eigenvalue weighted by atomic mass is 10.3. The minimum absolute atomic E-state index is 0.160. The van der Waals surface area contributed by atoms with E-state index in [1.807, 2.05) is 0 Å². The molecular formula is C16H15N5O4. The number of hydrogen-bond donors (Lipinski definition) is 1. The van der Waals surface area contributed by atoms with Crippen LogP contribution in [0.5, 0.6) is 5.75 Å². The third-order valence-corrected chi connectivity index (χ3v) is 3.33. The van der Waals surface area contributed by atoms with Gasteiger partial charge < -0.3 is 14.8 Å². The number of benzene rings is 1. The minimum Gasteiger partial charge on any atom is -0.495 e. The molecule has 0 aliphatic heterocycles. The summed E-state index contributed by atoms with van der Waals surface area (Å²) < 4.78 is 11.5. The highest BCUT2D eigenvalue weighted by Crippen LogP contribution is 2.22. The van der Waals surface area contributed by atoms with Gasteiger partial charge in [0.05, 0.1) is 12.8 Å². The smallest absolute Gasteiger partial charge is 0.378 e. The van der Waals surface area contributed by atoms with Gasteiger partial charge in [-0.2, -0.15) is 4.98 Å². The van der Waals surface area contributed by atoms with Crippen molar-refractivity contribution in [1.29, 1.82) is 0 Å². The Morgan fingerprint density at radius 1 is 1.24 bits per heavy atom. The Bertz CT molecular complexity index is 937. The number of nitrogens with zero attached hydrogens (tertiary/aromatic N) is 4. The van der Waals surface area contributed by atoms with Crippen LogP contribution >= 0.6 is 0 Å². The van der Waals surface area contributed by atoms with Crippen LogP contribution < -0.4 is 10.1 Å². The number of aryl methyl sites for hydroxylation is 1. The van der Waals surface area contributed by atoms with E-state index >= 15 is 0 Å². The fraction of sp³-hybridized carbons (Fsp3) is 0.188. The van der Waals surface area contributed by atoms with E-state index in [9.17, 15) is 9.59 Å². The summed E-state index contributed by atoms with van der Waals surface area (Å²) in [5.41, 5.74) is 1.25. The van der Waals surface area contributed by atoms with Crippen LogP contribution in [0.2, 0.25) is 0 Å². The Morgan fingerprint density at radius 3 is 2.80 bits per heavy atom. The highest BCUT2D eigenvalue weighted by atomic mass is 16.5. The minimum atomic E-state index is -0.805. The van der Waals surface area contributed by atoms with Gasteiger partial charge in [-0.25, -0.2) is 14.3 Å². The van der Waals surface area contributed by atoms with E-state index in [0.29, 0.717) is 11.4 Å². The van der Waals surface area contributed by atoms with Crippen LogP contribution in [0.4, 0.5) is 5.69 Å². The molecule has 0 unspecified atom stereocenters. The fourth-order valence-electron chi connectivity index (χ4n) is 2.12. The number of carbonyl (C=O) groups is 2. The van der Waals surface area contributed by atoms with Crippen LogP contribution in [0.15, 0.2) is 36.5 Å². The highest BCUT2D eigenvalue weighted by molar-refractivity contribution is 5.95. The van der Waals surface area contributed by atoms with Gasteiger partial charge in [-0.3, -0.25) is 4.79 Å². The molecule has 2 heterocycles. The lowest BCUT2D eigenvalue weighted by molar-refractivity contribution is -0.119. The summed E-state index contributed by atoms with van der Waals surface area (Å²) in [4.78, 5) is 31.9. The first-order valence-electron chi connectivity index (χ1n) is 7.37. The average molecular weight is 341 g/mol. The van der Waals surface area contributed by atoms with E-state index in [2.05, 4.69) is 20.4 Å². The maximum atomic E-state index is 12.0. The van der Waals surface area contributed by atoms with Crippen molar-refractivity contribution in [2.75, 3.05) is 19.0 Å². The maximum Gasteiger partial charge on any atom is 0.378 e. The summed E-state index contributed by atoms with van der Waals surface area (Å²) in [5.74, 6) is -0.681. The summed E-state index contributed by atoms with van der Waals surface area (Å²) >= 11 is 0. The maximum absolute atomic E-state index is 12.0. The van der Waals surface area contributed by atoms with Crippen molar-refractivity contribution >= 4 is 23.3 Å². The molecule has 0 aliphatic rings. The molecule has 0 fully saturated rings. The van der Waals surface area contributed by atoms with Gasteiger partial charge in [0.15, 0.2) is 6.61 Å². The summed E-state index contributed by atoms with van der Waals surface area (Å²) in [6, 6.07) is 8.64. The topological polar surface area (TPSA) is 108 Å². The molecule has 2 aromatic heterocycles. The largest absolute Gasteiger partial charge is 0.495 e. The number of esters is 1. The SMILES string of the molecule is COc1ccccc1NC(=O)COC(=O)c1nc2nccc(C)n2n1. The standard InChI is InChI=1S/C16H15N5O4/c1-10-7-8-17-16-19-14(20-21(10)16)15(23)25-9-13(22)18-11-5-3-4-6-12(11)24-2/h3-8H,9H2,1-2H3,(H,18,22). The van der Waals surface area contributed by atoms with E-state index in [4.69, 9.17) is 9.47 Å². The van der Waals surface area contributed by atoms with Gasteiger partial charge >= 0.3 is 5.97 Å². The first-order chi connectivity index (χ1) is 12.1. The Labute approximate surface area is 142 Å². The second-order valence-corrected chi connectivity index (χ2v) is 5.06. The molecule has 0 saturated heterocycles. The number of para-hydroxylation sites is 2. The zero-order valence-electron chi connectivity index (χ0n) is 13.6. The molecule has 0 saturated carbocycles. The van der Waals surface area contributed by atoms with Crippen molar-refractivity contribution in [3.63, 3.8) is 0 Å². The number of amides is 1. The van der Waals surface area contributed by atoms with Gasteiger partial charge in [0, 0.05) is 11.9 Å². The molecule has 0 spiro atoms. The Balaban J connectivity index is 1.63. The number of anilines is 1. The van der Waals surface area contributed by atoms with E-state index in [-0.39, 0.29) is 11.6 Å². The molecule has 0 atom stereocenters. The van der Waals surface area contributed by atoms with Crippen LogP contribution in [0.1, 0.15) is 16.3 Å². The van der Waals surface area contributed by atoms with Crippen LogP contribution in [0.25, 0.3) is 5.78 Å². The first kappa shape index (κ1) is 16.4. The normalized spacial score (nSPS) is 10.5. The molecule has 25 heavy (non-hydrogen) atoms. The number of aromatic nitrogens is 4. The molecule has 1 N–H and O–H groups in total. The second kappa shape index (κ2) is 6.95. The van der Waals surface area contributed by atoms with Gasteiger partial charge in [0.2, 0.25) is 0 Å². The molecular weight excluding hydrogens is 326 g/mol. The van der Waals surface area contributed by atoms with Crippen molar-refractivity contribution < 1.29 is 19.1 Å². The van der Waals surface area contributed by atoms with Gasteiger partial charge in [-0.05, 0) is 25.1 Å². The summed E-state index contributed by atoms with van der Waals surface area (Å²) in [6.07, 6.45) is 1.56. The van der Waals surface area contributed by atoms with Crippen molar-refractivity contribution in [2.45, 2.75) is 6.92 Å². The number of hydrogen-bond acceptors (Lipinski definition) is 7. The molecule has 0 aliphatic carbocycles. The summed E-state index contributed by atoms with van der Waals surface area (Å²) in [7, 11) is 1.50. The van der Waals surface area contributed by atoms with E-state index in [0.717, 1.165) is 5.69 Å². The molecule has 9 nitrogen and oxygen atoms in total.